The molecule has 0 aliphatic carbocycles. The molecule has 1 aliphatic rings. The molecule has 0 aromatic heterocycles. The smallest absolute Gasteiger partial charge is 0.108 e. The maximum absolute atomic E-state index is 8.92. The molecule has 0 radical (unpaired) electrons. The van der Waals surface area contributed by atoms with Crippen LogP contribution < -0.4 is 0 Å². The van der Waals surface area contributed by atoms with Gasteiger partial charge in [-0.05, 0) is 25.0 Å². The maximum atomic E-state index is 8.92. The monoisotopic (exact) mass is 210 g/mol. The van der Waals surface area contributed by atoms with Crippen molar-refractivity contribution in [1.29, 1.82) is 0 Å². The largest absolute Gasteiger partial charge is 0.394 e. The minimum absolute atomic E-state index is 0.0520. The van der Waals surface area contributed by atoms with E-state index in [2.05, 4.69) is 12.1 Å². The summed E-state index contributed by atoms with van der Waals surface area (Å²) >= 11 is 1.74. The van der Waals surface area contributed by atoms with Crippen LogP contribution in [0.4, 0.5) is 0 Å². The fourth-order valence-electron chi connectivity index (χ4n) is 1.54. The van der Waals surface area contributed by atoms with Crippen LogP contribution in [-0.4, -0.2) is 23.3 Å². The van der Waals surface area contributed by atoms with Gasteiger partial charge in [0.15, 0.2) is 0 Å². The third kappa shape index (κ3) is 2.50. The highest BCUT2D eigenvalue weighted by molar-refractivity contribution is 7.99. The molecule has 0 spiro atoms. The van der Waals surface area contributed by atoms with E-state index in [0.717, 1.165) is 12.8 Å². The topological polar surface area (TPSA) is 29.5 Å². The number of aliphatic hydroxyl groups excluding tert-OH is 1. The van der Waals surface area contributed by atoms with E-state index in [-0.39, 0.29) is 18.1 Å². The summed E-state index contributed by atoms with van der Waals surface area (Å²) in [6.07, 6.45) is 2.06. The molecule has 2 rings (SSSR count). The van der Waals surface area contributed by atoms with Gasteiger partial charge < -0.3 is 9.84 Å². The van der Waals surface area contributed by atoms with Crippen LogP contribution in [-0.2, 0) is 4.74 Å². The molecular formula is C11H14O2S. The van der Waals surface area contributed by atoms with Gasteiger partial charge in [0.25, 0.3) is 0 Å². The molecule has 1 aromatic carbocycles. The van der Waals surface area contributed by atoms with Gasteiger partial charge in [0.05, 0.1) is 12.7 Å². The zero-order chi connectivity index (χ0) is 9.80. The Morgan fingerprint density at radius 3 is 2.71 bits per heavy atom. The van der Waals surface area contributed by atoms with Crippen LogP contribution in [0.25, 0.3) is 0 Å². The Labute approximate surface area is 88.3 Å². The second-order valence-electron chi connectivity index (χ2n) is 3.38. The van der Waals surface area contributed by atoms with Crippen LogP contribution in [0.5, 0.6) is 0 Å². The van der Waals surface area contributed by atoms with Gasteiger partial charge in [-0.25, -0.2) is 0 Å². The lowest BCUT2D eigenvalue weighted by atomic mass is 10.2. The van der Waals surface area contributed by atoms with Gasteiger partial charge in [-0.3, -0.25) is 0 Å². The minimum atomic E-state index is 0.0520. The summed E-state index contributed by atoms with van der Waals surface area (Å²) < 4.78 is 5.63. The van der Waals surface area contributed by atoms with Crippen LogP contribution in [0.2, 0.25) is 0 Å². The van der Waals surface area contributed by atoms with E-state index in [1.165, 1.54) is 4.90 Å². The molecule has 1 unspecified atom stereocenters. The molecule has 3 heteroatoms. The van der Waals surface area contributed by atoms with E-state index in [9.17, 15) is 0 Å². The molecule has 2 atom stereocenters. The molecule has 0 bridgehead atoms. The molecule has 1 N–H and O–H groups in total. The van der Waals surface area contributed by atoms with Gasteiger partial charge in [-0.1, -0.05) is 30.0 Å². The zero-order valence-electron chi connectivity index (χ0n) is 7.93. The van der Waals surface area contributed by atoms with Crippen molar-refractivity contribution in [2.75, 3.05) is 6.61 Å². The summed E-state index contributed by atoms with van der Waals surface area (Å²) in [5.74, 6) is 0. The van der Waals surface area contributed by atoms with Crippen LogP contribution in [0.3, 0.4) is 0 Å². The lowest BCUT2D eigenvalue weighted by molar-refractivity contribution is 0.0462. The molecule has 2 nitrogen and oxygen atoms in total. The first-order chi connectivity index (χ1) is 6.88. The van der Waals surface area contributed by atoms with E-state index in [1.807, 2.05) is 18.2 Å². The molecular weight excluding hydrogens is 196 g/mol. The molecule has 0 amide bonds. The second kappa shape index (κ2) is 4.82. The number of hydrogen-bond donors (Lipinski definition) is 1. The van der Waals surface area contributed by atoms with Crippen molar-refractivity contribution in [3.8, 4) is 0 Å². The SMILES string of the molecule is OC[C@@H]1CCC(Sc2ccccc2)O1. The number of benzene rings is 1. The number of rotatable bonds is 3. The van der Waals surface area contributed by atoms with Crippen molar-refractivity contribution in [3.05, 3.63) is 30.3 Å². The standard InChI is InChI=1S/C11H14O2S/c12-8-9-6-7-11(13-9)14-10-4-2-1-3-5-10/h1-5,9,11-12H,6-8H2/t9-,11?/m0/s1. The lowest BCUT2D eigenvalue weighted by Crippen LogP contribution is -2.12. The number of thioether (sulfide) groups is 1. The fraction of sp³-hybridized carbons (Fsp3) is 0.455. The van der Waals surface area contributed by atoms with E-state index < -0.39 is 0 Å². The van der Waals surface area contributed by atoms with Crippen molar-refractivity contribution in [3.63, 3.8) is 0 Å². The molecule has 1 fully saturated rings. The van der Waals surface area contributed by atoms with Gasteiger partial charge in [0.1, 0.15) is 5.44 Å². The predicted molar refractivity (Wildman–Crippen MR) is 57.3 cm³/mol. The molecule has 76 valence electrons. The quantitative estimate of drug-likeness (QED) is 0.830. The lowest BCUT2D eigenvalue weighted by Gasteiger charge is -2.11. The van der Waals surface area contributed by atoms with Crippen molar-refractivity contribution < 1.29 is 9.84 Å². The molecule has 14 heavy (non-hydrogen) atoms. The highest BCUT2D eigenvalue weighted by Gasteiger charge is 2.24. The number of hydrogen-bond acceptors (Lipinski definition) is 3. The predicted octanol–water partition coefficient (Wildman–Crippen LogP) is 2.28. The first kappa shape index (κ1) is 10.0. The molecule has 1 saturated heterocycles. The van der Waals surface area contributed by atoms with Gasteiger partial charge in [-0.2, -0.15) is 0 Å². The van der Waals surface area contributed by atoms with E-state index in [0.29, 0.717) is 0 Å². The summed E-state index contributed by atoms with van der Waals surface area (Å²) in [7, 11) is 0. The van der Waals surface area contributed by atoms with Crippen LogP contribution in [0, 0.1) is 0 Å². The van der Waals surface area contributed by atoms with Crippen LogP contribution >= 0.6 is 11.8 Å². The zero-order valence-corrected chi connectivity index (χ0v) is 8.74. The second-order valence-corrected chi connectivity index (χ2v) is 4.61. The van der Waals surface area contributed by atoms with Crippen molar-refractivity contribution in [2.24, 2.45) is 0 Å². The minimum Gasteiger partial charge on any atom is -0.394 e. The number of ether oxygens (including phenoxy) is 1. The molecule has 1 aliphatic heterocycles. The molecule has 1 heterocycles. The Balaban J connectivity index is 1.88. The maximum Gasteiger partial charge on any atom is 0.108 e. The van der Waals surface area contributed by atoms with Gasteiger partial charge in [-0.15, -0.1) is 0 Å². The fourth-order valence-corrected chi connectivity index (χ4v) is 2.63. The summed E-state index contributed by atoms with van der Waals surface area (Å²) in [6, 6.07) is 10.2. The van der Waals surface area contributed by atoms with Crippen molar-refractivity contribution in [2.45, 2.75) is 29.3 Å². The Morgan fingerprint density at radius 2 is 2.07 bits per heavy atom. The van der Waals surface area contributed by atoms with Crippen LogP contribution in [0.15, 0.2) is 35.2 Å². The first-order valence-corrected chi connectivity index (χ1v) is 5.74. The van der Waals surface area contributed by atoms with Gasteiger partial charge in [0, 0.05) is 4.90 Å². The summed E-state index contributed by atoms with van der Waals surface area (Å²) in [5.41, 5.74) is 0.217. The Morgan fingerprint density at radius 1 is 1.29 bits per heavy atom. The Hall–Kier alpha value is -0.510. The summed E-state index contributed by atoms with van der Waals surface area (Å²) in [5, 5.41) is 8.92. The first-order valence-electron chi connectivity index (χ1n) is 4.86. The Kier molecular flexibility index (Phi) is 3.45. The van der Waals surface area contributed by atoms with Crippen LogP contribution in [0.1, 0.15) is 12.8 Å². The summed E-state index contributed by atoms with van der Waals surface area (Å²) in [4.78, 5) is 1.23. The third-order valence-corrected chi connectivity index (χ3v) is 3.44. The summed E-state index contributed by atoms with van der Waals surface area (Å²) in [6.45, 7) is 0.145. The van der Waals surface area contributed by atoms with Gasteiger partial charge in [0.2, 0.25) is 0 Å². The number of aliphatic hydroxyl groups is 1. The average molecular weight is 210 g/mol. The van der Waals surface area contributed by atoms with Crippen molar-refractivity contribution >= 4 is 11.8 Å². The van der Waals surface area contributed by atoms with Crippen molar-refractivity contribution in [1.82, 2.24) is 0 Å². The van der Waals surface area contributed by atoms with E-state index in [4.69, 9.17) is 9.84 Å². The Bertz CT molecular complexity index is 276. The van der Waals surface area contributed by atoms with Gasteiger partial charge >= 0.3 is 0 Å². The van der Waals surface area contributed by atoms with E-state index >= 15 is 0 Å². The molecule has 1 aromatic rings. The average Bonchev–Trinajstić information content (AvgIpc) is 2.67. The third-order valence-electron chi connectivity index (χ3n) is 2.28. The highest BCUT2D eigenvalue weighted by Crippen LogP contribution is 2.33. The highest BCUT2D eigenvalue weighted by atomic mass is 32.2. The normalized spacial score (nSPS) is 26.6. The van der Waals surface area contributed by atoms with E-state index in [1.54, 1.807) is 11.8 Å². The molecule has 0 saturated carbocycles.